The Hall–Kier alpha value is -8.93. The fraction of sp³-hybridized carbons (Fsp3) is 0.0161. The van der Waals surface area contributed by atoms with E-state index in [-0.39, 0.29) is 0 Å². The molecule has 12 aromatic rings. The highest BCUT2D eigenvalue weighted by atomic mass is 16.5. The van der Waals surface area contributed by atoms with E-state index < -0.39 is 5.41 Å². The van der Waals surface area contributed by atoms with Gasteiger partial charge in [0.15, 0.2) is 23.2 Å². The molecule has 5 heteroatoms. The summed E-state index contributed by atoms with van der Waals surface area (Å²) < 4.78 is 9.74. The smallest absolute Gasteiger partial charge is 0.164 e. The van der Waals surface area contributed by atoms with Crippen LogP contribution in [0.15, 0.2) is 231 Å². The standard InChI is InChI=1S/C62H38N4O/c1-3-16-39(17-4-1)40-30-32-43(33-31-40)60-63-59(42-19-5-2-6-20-42)64-61(65-60)44-21-15-22-45(38-44)66-54-37-34-41-18-7-8-23-46(41)56(54)49-35-36-53-58(57(49)66)67-55-29-14-13-28-52(55)62(53)50-26-11-9-24-47(50)48-25-10-12-27-51(48)62/h1-38H. The molecule has 0 amide bonds. The van der Waals surface area contributed by atoms with Gasteiger partial charge >= 0.3 is 0 Å². The molecule has 1 spiro atoms. The predicted octanol–water partition coefficient (Wildman–Crippen LogP) is 15.3. The quantitative estimate of drug-likeness (QED) is 0.173. The van der Waals surface area contributed by atoms with E-state index >= 15 is 0 Å². The summed E-state index contributed by atoms with van der Waals surface area (Å²) in [5, 5.41) is 4.68. The second-order valence-corrected chi connectivity index (χ2v) is 17.5. The van der Waals surface area contributed by atoms with Gasteiger partial charge in [-0.15, -0.1) is 0 Å². The number of benzene rings is 10. The fourth-order valence-corrected chi connectivity index (χ4v) is 11.0. The number of rotatable bonds is 5. The molecule has 2 aliphatic rings. The third-order valence-electron chi connectivity index (χ3n) is 13.9. The van der Waals surface area contributed by atoms with Crippen LogP contribution in [0.25, 0.3) is 94.7 Å². The second kappa shape index (κ2) is 14.5. The van der Waals surface area contributed by atoms with E-state index in [1.165, 1.54) is 38.4 Å². The Morgan fingerprint density at radius 1 is 0.373 bits per heavy atom. The summed E-state index contributed by atoms with van der Waals surface area (Å²) >= 11 is 0. The van der Waals surface area contributed by atoms with Crippen LogP contribution in [0.1, 0.15) is 22.3 Å². The van der Waals surface area contributed by atoms with Crippen molar-refractivity contribution in [2.75, 3.05) is 0 Å². The number of ether oxygens (including phenoxy) is 1. The molecular weight excluding hydrogens is 817 g/mol. The maximum Gasteiger partial charge on any atom is 0.164 e. The lowest BCUT2D eigenvalue weighted by Gasteiger charge is -2.39. The highest BCUT2D eigenvalue weighted by molar-refractivity contribution is 6.22. The van der Waals surface area contributed by atoms with Gasteiger partial charge in [0.1, 0.15) is 5.75 Å². The van der Waals surface area contributed by atoms with Crippen LogP contribution in [0.2, 0.25) is 0 Å². The second-order valence-electron chi connectivity index (χ2n) is 17.5. The molecule has 0 saturated heterocycles. The molecular formula is C62H38N4O. The molecule has 3 heterocycles. The van der Waals surface area contributed by atoms with Crippen LogP contribution in [0.5, 0.6) is 11.5 Å². The van der Waals surface area contributed by atoms with Crippen molar-refractivity contribution in [1.29, 1.82) is 0 Å². The van der Waals surface area contributed by atoms with Gasteiger partial charge in [-0.2, -0.15) is 0 Å². The summed E-state index contributed by atoms with van der Waals surface area (Å²) in [7, 11) is 0. The predicted molar refractivity (Wildman–Crippen MR) is 271 cm³/mol. The lowest BCUT2D eigenvalue weighted by atomic mass is 9.66. The van der Waals surface area contributed by atoms with Crippen molar-refractivity contribution in [2.45, 2.75) is 5.41 Å². The van der Waals surface area contributed by atoms with E-state index in [1.54, 1.807) is 0 Å². The Labute approximate surface area is 386 Å². The summed E-state index contributed by atoms with van der Waals surface area (Å²) in [5.41, 5.74) is 14.8. The molecule has 5 nitrogen and oxygen atoms in total. The van der Waals surface area contributed by atoms with E-state index in [2.05, 4.69) is 211 Å². The first-order valence-corrected chi connectivity index (χ1v) is 22.8. The average Bonchev–Trinajstić information content (AvgIpc) is 3.91. The van der Waals surface area contributed by atoms with E-state index in [0.717, 1.165) is 72.6 Å². The zero-order chi connectivity index (χ0) is 44.1. The zero-order valence-electron chi connectivity index (χ0n) is 36.1. The largest absolute Gasteiger partial charge is 0.454 e. The molecule has 312 valence electrons. The normalized spacial score (nSPS) is 13.0. The molecule has 1 aliphatic carbocycles. The fourth-order valence-electron chi connectivity index (χ4n) is 11.0. The summed E-state index contributed by atoms with van der Waals surface area (Å²) in [6, 6.07) is 81.9. The summed E-state index contributed by atoms with van der Waals surface area (Å²) in [6.45, 7) is 0. The molecule has 14 rings (SSSR count). The van der Waals surface area contributed by atoms with Crippen LogP contribution in [0.3, 0.4) is 0 Å². The maximum atomic E-state index is 7.34. The van der Waals surface area contributed by atoms with E-state index in [1.807, 2.05) is 24.3 Å². The third kappa shape index (κ3) is 5.52. The molecule has 10 aromatic carbocycles. The van der Waals surface area contributed by atoms with Gasteiger partial charge in [-0.25, -0.2) is 15.0 Å². The summed E-state index contributed by atoms with van der Waals surface area (Å²) in [4.78, 5) is 15.5. The van der Waals surface area contributed by atoms with E-state index in [9.17, 15) is 0 Å². The Morgan fingerprint density at radius 2 is 0.925 bits per heavy atom. The first-order valence-electron chi connectivity index (χ1n) is 22.8. The first kappa shape index (κ1) is 37.4. The van der Waals surface area contributed by atoms with Crippen LogP contribution < -0.4 is 4.74 Å². The molecule has 0 radical (unpaired) electrons. The molecule has 67 heavy (non-hydrogen) atoms. The maximum absolute atomic E-state index is 7.34. The molecule has 0 unspecified atom stereocenters. The van der Waals surface area contributed by atoms with Gasteiger partial charge in [-0.1, -0.05) is 206 Å². The van der Waals surface area contributed by atoms with Crippen molar-refractivity contribution >= 4 is 32.6 Å². The van der Waals surface area contributed by atoms with E-state index in [4.69, 9.17) is 19.7 Å². The van der Waals surface area contributed by atoms with Gasteiger partial charge in [0.05, 0.1) is 16.4 Å². The van der Waals surface area contributed by atoms with Crippen LogP contribution in [0.4, 0.5) is 0 Å². The van der Waals surface area contributed by atoms with Crippen molar-refractivity contribution in [3.63, 3.8) is 0 Å². The minimum absolute atomic E-state index is 0.592. The summed E-state index contributed by atoms with van der Waals surface area (Å²) in [6.07, 6.45) is 0. The van der Waals surface area contributed by atoms with Crippen molar-refractivity contribution < 1.29 is 4.74 Å². The molecule has 2 aromatic heterocycles. The van der Waals surface area contributed by atoms with Crippen molar-refractivity contribution in [2.24, 2.45) is 0 Å². The van der Waals surface area contributed by atoms with Crippen LogP contribution >= 0.6 is 0 Å². The van der Waals surface area contributed by atoms with E-state index in [0.29, 0.717) is 17.5 Å². The average molecular weight is 855 g/mol. The van der Waals surface area contributed by atoms with Gasteiger partial charge in [0.2, 0.25) is 0 Å². The Balaban J connectivity index is 1.02. The van der Waals surface area contributed by atoms with Gasteiger partial charge in [0, 0.05) is 44.3 Å². The highest BCUT2D eigenvalue weighted by Gasteiger charge is 2.51. The molecule has 0 saturated carbocycles. The molecule has 0 bridgehead atoms. The minimum atomic E-state index is -0.606. The van der Waals surface area contributed by atoms with Gasteiger partial charge in [-0.3, -0.25) is 0 Å². The molecule has 0 atom stereocenters. The van der Waals surface area contributed by atoms with Crippen LogP contribution in [-0.2, 0) is 5.41 Å². The minimum Gasteiger partial charge on any atom is -0.454 e. The number of hydrogen-bond donors (Lipinski definition) is 0. The first-order chi connectivity index (χ1) is 33.2. The zero-order valence-corrected chi connectivity index (χ0v) is 36.1. The van der Waals surface area contributed by atoms with Gasteiger partial charge < -0.3 is 9.30 Å². The monoisotopic (exact) mass is 854 g/mol. The Bertz CT molecular complexity index is 3900. The van der Waals surface area contributed by atoms with Crippen LogP contribution in [-0.4, -0.2) is 19.5 Å². The molecule has 1 aliphatic heterocycles. The lowest BCUT2D eigenvalue weighted by molar-refractivity contribution is 0.440. The molecule has 0 N–H and O–H groups in total. The third-order valence-corrected chi connectivity index (χ3v) is 13.9. The van der Waals surface area contributed by atoms with Crippen molar-refractivity contribution in [3.05, 3.63) is 253 Å². The lowest BCUT2D eigenvalue weighted by Crippen LogP contribution is -2.32. The van der Waals surface area contributed by atoms with Crippen molar-refractivity contribution in [3.8, 4) is 73.6 Å². The number of nitrogens with zero attached hydrogens (tertiary/aromatic N) is 4. The number of aromatic nitrogens is 4. The Morgan fingerprint density at radius 3 is 1.66 bits per heavy atom. The topological polar surface area (TPSA) is 52.8 Å². The Kier molecular flexibility index (Phi) is 8.13. The summed E-state index contributed by atoms with van der Waals surface area (Å²) in [5.74, 6) is 3.52. The van der Waals surface area contributed by atoms with Crippen molar-refractivity contribution in [1.82, 2.24) is 19.5 Å². The highest BCUT2D eigenvalue weighted by Crippen LogP contribution is 2.63. The van der Waals surface area contributed by atoms with Gasteiger partial charge in [0.25, 0.3) is 0 Å². The number of hydrogen-bond acceptors (Lipinski definition) is 4. The van der Waals surface area contributed by atoms with Crippen LogP contribution in [0, 0.1) is 0 Å². The molecule has 0 fully saturated rings. The number of fused-ring (bicyclic) bond motifs is 15. The SMILES string of the molecule is c1ccc(-c2ccc(-c3nc(-c4ccccc4)nc(-c4cccc(-n5c6ccc7ccccc7c6c6ccc7c(c65)Oc5ccccc5C75c6ccccc6-c6ccccc65)c4)n3)cc2)cc1. The van der Waals surface area contributed by atoms with Gasteiger partial charge in [-0.05, 0) is 68.4 Å². The number of para-hydroxylation sites is 1.